The van der Waals surface area contributed by atoms with Gasteiger partial charge in [-0.1, -0.05) is 37.3 Å². The first-order valence-electron chi connectivity index (χ1n) is 7.09. The molecule has 0 radical (unpaired) electrons. The predicted octanol–water partition coefficient (Wildman–Crippen LogP) is 4.33. The van der Waals surface area contributed by atoms with Crippen LogP contribution in [0.15, 0.2) is 59.5 Å². The molecule has 0 unspecified atom stereocenters. The summed E-state index contributed by atoms with van der Waals surface area (Å²) in [5.41, 5.74) is 2.36. The van der Waals surface area contributed by atoms with Gasteiger partial charge in [0.15, 0.2) is 5.11 Å². The summed E-state index contributed by atoms with van der Waals surface area (Å²) in [6.45, 7) is 3.00. The molecule has 0 fully saturated rings. The second kappa shape index (κ2) is 8.70. The number of hydrogen-bond acceptors (Lipinski definition) is 2. The van der Waals surface area contributed by atoms with E-state index in [1.165, 1.54) is 10.5 Å². The summed E-state index contributed by atoms with van der Waals surface area (Å²) >= 11 is 7.12. The fourth-order valence-electron chi connectivity index (χ4n) is 1.85. The lowest BCUT2D eigenvalue weighted by atomic mass is 10.1. The Bertz CT molecular complexity index is 553. The van der Waals surface area contributed by atoms with Gasteiger partial charge >= 0.3 is 0 Å². The van der Waals surface area contributed by atoms with Crippen molar-refractivity contribution in [3.05, 3.63) is 60.2 Å². The molecule has 0 aliphatic rings. The first kappa shape index (κ1) is 15.9. The van der Waals surface area contributed by atoms with Crippen LogP contribution in [0, 0.1) is 0 Å². The van der Waals surface area contributed by atoms with E-state index in [0.29, 0.717) is 5.11 Å². The van der Waals surface area contributed by atoms with Crippen LogP contribution in [-0.2, 0) is 6.42 Å². The third kappa shape index (κ3) is 5.78. The summed E-state index contributed by atoms with van der Waals surface area (Å²) in [6.07, 6.45) is 1.06. The zero-order valence-corrected chi connectivity index (χ0v) is 13.8. The second-order valence-corrected chi connectivity index (χ2v) is 6.17. The first-order valence-corrected chi connectivity index (χ1v) is 8.49. The van der Waals surface area contributed by atoms with Gasteiger partial charge in [0.2, 0.25) is 0 Å². The molecule has 0 saturated carbocycles. The largest absolute Gasteiger partial charge is 0.362 e. The molecule has 2 nitrogen and oxygen atoms in total. The van der Waals surface area contributed by atoms with Crippen LogP contribution in [0.1, 0.15) is 12.5 Å². The molecule has 0 amide bonds. The fourth-order valence-corrected chi connectivity index (χ4v) is 2.86. The molecule has 0 aliphatic heterocycles. The number of nitrogens with one attached hydrogen (secondary N) is 2. The molecule has 2 N–H and O–H groups in total. The number of rotatable bonds is 6. The predicted molar refractivity (Wildman–Crippen MR) is 97.2 cm³/mol. The van der Waals surface area contributed by atoms with Gasteiger partial charge in [-0.15, -0.1) is 11.8 Å². The molecule has 0 spiro atoms. The lowest BCUT2D eigenvalue weighted by molar-refractivity contribution is 0.990. The average Bonchev–Trinajstić information content (AvgIpc) is 2.53. The van der Waals surface area contributed by atoms with E-state index in [2.05, 4.69) is 66.1 Å². The van der Waals surface area contributed by atoms with Crippen LogP contribution in [0.25, 0.3) is 0 Å². The van der Waals surface area contributed by atoms with E-state index < -0.39 is 0 Å². The Morgan fingerprint density at radius 3 is 2.43 bits per heavy atom. The quantitative estimate of drug-likeness (QED) is 0.471. The van der Waals surface area contributed by atoms with Crippen LogP contribution < -0.4 is 10.6 Å². The molecule has 110 valence electrons. The lowest BCUT2D eigenvalue weighted by Gasteiger charge is -2.10. The van der Waals surface area contributed by atoms with E-state index in [-0.39, 0.29) is 0 Å². The molecule has 2 aromatic rings. The van der Waals surface area contributed by atoms with Gasteiger partial charge in [-0.3, -0.25) is 0 Å². The summed E-state index contributed by atoms with van der Waals surface area (Å²) in [4.78, 5) is 1.29. The van der Waals surface area contributed by atoms with Gasteiger partial charge in [-0.2, -0.15) is 0 Å². The van der Waals surface area contributed by atoms with Crippen molar-refractivity contribution in [1.82, 2.24) is 5.32 Å². The van der Waals surface area contributed by atoms with E-state index in [4.69, 9.17) is 12.2 Å². The lowest BCUT2D eigenvalue weighted by Crippen LogP contribution is -2.30. The van der Waals surface area contributed by atoms with E-state index in [1.807, 2.05) is 17.8 Å². The maximum Gasteiger partial charge on any atom is 0.170 e. The van der Waals surface area contributed by atoms with Crippen molar-refractivity contribution in [2.45, 2.75) is 18.2 Å². The van der Waals surface area contributed by atoms with E-state index in [0.717, 1.165) is 24.4 Å². The first-order chi connectivity index (χ1) is 10.3. The molecule has 2 aromatic carbocycles. The van der Waals surface area contributed by atoms with Crippen molar-refractivity contribution in [2.75, 3.05) is 17.6 Å². The zero-order valence-electron chi connectivity index (χ0n) is 12.1. The van der Waals surface area contributed by atoms with Gasteiger partial charge in [0, 0.05) is 22.9 Å². The van der Waals surface area contributed by atoms with Crippen LogP contribution in [0.5, 0.6) is 0 Å². The summed E-state index contributed by atoms with van der Waals surface area (Å²) in [6, 6.07) is 18.8. The average molecular weight is 316 g/mol. The minimum absolute atomic E-state index is 0.674. The SMILES string of the molecule is CCc1ccc(NC(=S)NCCSc2ccccc2)cc1. The smallest absolute Gasteiger partial charge is 0.170 e. The molecule has 0 heterocycles. The highest BCUT2D eigenvalue weighted by atomic mass is 32.2. The Morgan fingerprint density at radius 1 is 1.05 bits per heavy atom. The molecule has 0 atom stereocenters. The summed E-state index contributed by atoms with van der Waals surface area (Å²) in [7, 11) is 0. The Kier molecular flexibility index (Phi) is 6.57. The molecular formula is C17H20N2S2. The highest BCUT2D eigenvalue weighted by Crippen LogP contribution is 2.15. The number of thiocarbonyl (C=S) groups is 1. The minimum atomic E-state index is 0.674. The van der Waals surface area contributed by atoms with Crippen molar-refractivity contribution >= 4 is 34.8 Å². The van der Waals surface area contributed by atoms with Gasteiger partial charge in [-0.25, -0.2) is 0 Å². The maximum atomic E-state index is 5.30. The molecule has 2 rings (SSSR count). The van der Waals surface area contributed by atoms with Crippen LogP contribution in [0.2, 0.25) is 0 Å². The molecule has 0 aliphatic carbocycles. The molecule has 4 heteroatoms. The normalized spacial score (nSPS) is 10.1. The Morgan fingerprint density at radius 2 is 1.76 bits per heavy atom. The second-order valence-electron chi connectivity index (χ2n) is 4.59. The monoisotopic (exact) mass is 316 g/mol. The number of thioether (sulfide) groups is 1. The molecule has 21 heavy (non-hydrogen) atoms. The minimum Gasteiger partial charge on any atom is -0.362 e. The van der Waals surface area contributed by atoms with Crippen molar-refractivity contribution in [1.29, 1.82) is 0 Å². The van der Waals surface area contributed by atoms with Crippen LogP contribution in [0.3, 0.4) is 0 Å². The number of aryl methyl sites for hydroxylation is 1. The van der Waals surface area contributed by atoms with Gasteiger partial charge in [0.25, 0.3) is 0 Å². The van der Waals surface area contributed by atoms with E-state index >= 15 is 0 Å². The molecule has 0 bridgehead atoms. The summed E-state index contributed by atoms with van der Waals surface area (Å²) in [5, 5.41) is 7.11. The topological polar surface area (TPSA) is 24.1 Å². The van der Waals surface area contributed by atoms with Gasteiger partial charge in [0.1, 0.15) is 0 Å². The summed E-state index contributed by atoms with van der Waals surface area (Å²) in [5.74, 6) is 0.987. The summed E-state index contributed by atoms with van der Waals surface area (Å²) < 4.78 is 0. The molecule has 0 saturated heterocycles. The standard InChI is InChI=1S/C17H20N2S2/c1-2-14-8-10-15(11-9-14)19-17(20)18-12-13-21-16-6-4-3-5-7-16/h3-11H,2,12-13H2,1H3,(H2,18,19,20). The van der Waals surface area contributed by atoms with Gasteiger partial charge in [0.05, 0.1) is 0 Å². The highest BCUT2D eigenvalue weighted by molar-refractivity contribution is 7.99. The maximum absolute atomic E-state index is 5.30. The van der Waals surface area contributed by atoms with Crippen molar-refractivity contribution in [3.63, 3.8) is 0 Å². The Hall–Kier alpha value is -1.52. The van der Waals surface area contributed by atoms with Crippen LogP contribution >= 0.6 is 24.0 Å². The van der Waals surface area contributed by atoms with Crippen molar-refractivity contribution in [2.24, 2.45) is 0 Å². The van der Waals surface area contributed by atoms with Gasteiger partial charge < -0.3 is 10.6 Å². The molecular weight excluding hydrogens is 296 g/mol. The van der Waals surface area contributed by atoms with Crippen LogP contribution in [0.4, 0.5) is 5.69 Å². The van der Waals surface area contributed by atoms with E-state index in [9.17, 15) is 0 Å². The third-order valence-electron chi connectivity index (χ3n) is 3.02. The highest BCUT2D eigenvalue weighted by Gasteiger charge is 1.98. The van der Waals surface area contributed by atoms with E-state index in [1.54, 1.807) is 0 Å². The fraction of sp³-hybridized carbons (Fsp3) is 0.235. The van der Waals surface area contributed by atoms with Crippen molar-refractivity contribution in [3.8, 4) is 0 Å². The van der Waals surface area contributed by atoms with Gasteiger partial charge in [-0.05, 0) is 48.5 Å². The number of hydrogen-bond donors (Lipinski definition) is 2. The molecule has 0 aromatic heterocycles. The Balaban J connectivity index is 1.67. The third-order valence-corrected chi connectivity index (χ3v) is 4.28. The number of anilines is 1. The van der Waals surface area contributed by atoms with Crippen molar-refractivity contribution < 1.29 is 0 Å². The number of benzene rings is 2. The zero-order chi connectivity index (χ0) is 14.9. The van der Waals surface area contributed by atoms with Crippen LogP contribution in [-0.4, -0.2) is 17.4 Å². The Labute approximate surface area is 136 Å².